The standard InChI is InChI=1S/C21H32N6O4/c1-12(13-3-4-13)24-21(29)31-16-6-5-14(7-16)17-9-18(27-26-17)25-19(28)8-15-10-23-20(30-2)11-22-15/h10-14,16-18,26-27H,3-9H2,1-2H3,(H,24,29)(H,25,28)/t12-,14+,16-,17?,18?/m1/s1. The smallest absolute Gasteiger partial charge is 0.407 e. The summed E-state index contributed by atoms with van der Waals surface area (Å²) in [5, 5.41) is 5.94. The zero-order valence-electron chi connectivity index (χ0n) is 18.1. The number of hydrazine groups is 1. The van der Waals surface area contributed by atoms with Gasteiger partial charge < -0.3 is 20.1 Å². The Morgan fingerprint density at radius 2 is 2.00 bits per heavy atom. The second-order valence-corrected chi connectivity index (χ2v) is 8.85. The van der Waals surface area contributed by atoms with Crippen molar-refractivity contribution >= 4 is 12.0 Å². The van der Waals surface area contributed by atoms with Gasteiger partial charge >= 0.3 is 6.09 Å². The van der Waals surface area contributed by atoms with E-state index in [2.05, 4.69) is 31.5 Å². The molecule has 2 heterocycles. The van der Waals surface area contributed by atoms with Crippen LogP contribution in [0.4, 0.5) is 4.79 Å². The fourth-order valence-electron chi connectivity index (χ4n) is 4.47. The topological polar surface area (TPSA) is 127 Å². The van der Waals surface area contributed by atoms with E-state index in [0.29, 0.717) is 23.4 Å². The van der Waals surface area contributed by atoms with Crippen LogP contribution in [0.15, 0.2) is 12.4 Å². The van der Waals surface area contributed by atoms with Crippen LogP contribution in [0.25, 0.3) is 0 Å². The summed E-state index contributed by atoms with van der Waals surface area (Å²) in [7, 11) is 1.52. The Morgan fingerprint density at radius 3 is 2.71 bits per heavy atom. The van der Waals surface area contributed by atoms with E-state index in [-0.39, 0.29) is 42.8 Å². The first kappa shape index (κ1) is 21.8. The van der Waals surface area contributed by atoms with Crippen molar-refractivity contribution in [3.05, 3.63) is 18.1 Å². The highest BCUT2D eigenvalue weighted by molar-refractivity contribution is 5.78. The van der Waals surface area contributed by atoms with Crippen molar-refractivity contribution in [2.45, 2.75) is 76.2 Å². The molecule has 0 radical (unpaired) electrons. The lowest BCUT2D eigenvalue weighted by atomic mass is 9.96. The number of amides is 2. The van der Waals surface area contributed by atoms with Crippen LogP contribution in [-0.2, 0) is 16.0 Å². The number of aromatic nitrogens is 2. The number of rotatable bonds is 8. The Balaban J connectivity index is 1.16. The van der Waals surface area contributed by atoms with E-state index in [0.717, 1.165) is 25.7 Å². The summed E-state index contributed by atoms with van der Waals surface area (Å²) in [6.45, 7) is 2.04. The summed E-state index contributed by atoms with van der Waals surface area (Å²) >= 11 is 0. The molecule has 0 aromatic carbocycles. The van der Waals surface area contributed by atoms with Gasteiger partial charge in [0.1, 0.15) is 6.10 Å². The molecule has 31 heavy (non-hydrogen) atoms. The first-order valence-electron chi connectivity index (χ1n) is 11.1. The Morgan fingerprint density at radius 1 is 1.16 bits per heavy atom. The monoisotopic (exact) mass is 432 g/mol. The lowest BCUT2D eigenvalue weighted by molar-refractivity contribution is -0.121. The van der Waals surface area contributed by atoms with Crippen molar-refractivity contribution < 1.29 is 19.1 Å². The largest absolute Gasteiger partial charge is 0.480 e. The number of nitrogens with zero attached hydrogens (tertiary/aromatic N) is 2. The van der Waals surface area contributed by atoms with Gasteiger partial charge in [0, 0.05) is 12.1 Å². The average molecular weight is 433 g/mol. The summed E-state index contributed by atoms with van der Waals surface area (Å²) in [6.07, 6.45) is 8.60. The number of ether oxygens (including phenoxy) is 2. The van der Waals surface area contributed by atoms with Gasteiger partial charge in [0.25, 0.3) is 0 Å². The molecule has 2 aliphatic carbocycles. The molecule has 1 aromatic rings. The molecule has 170 valence electrons. The van der Waals surface area contributed by atoms with Gasteiger partial charge in [0.15, 0.2) is 0 Å². The van der Waals surface area contributed by atoms with Gasteiger partial charge in [-0.05, 0) is 57.3 Å². The maximum Gasteiger partial charge on any atom is 0.407 e. The summed E-state index contributed by atoms with van der Waals surface area (Å²) < 4.78 is 10.6. The molecule has 3 aliphatic rings. The minimum atomic E-state index is -0.297. The molecule has 4 N–H and O–H groups in total. The lowest BCUT2D eigenvalue weighted by Crippen LogP contribution is -2.45. The number of hydrogen-bond acceptors (Lipinski definition) is 8. The second kappa shape index (κ2) is 9.78. The molecular weight excluding hydrogens is 400 g/mol. The highest BCUT2D eigenvalue weighted by Gasteiger charge is 2.37. The molecule has 1 saturated heterocycles. The van der Waals surface area contributed by atoms with Crippen LogP contribution in [0, 0.1) is 11.8 Å². The van der Waals surface area contributed by atoms with Crippen LogP contribution in [0.3, 0.4) is 0 Å². The number of alkyl carbamates (subject to hydrolysis) is 1. The van der Waals surface area contributed by atoms with Gasteiger partial charge in [-0.1, -0.05) is 0 Å². The molecule has 1 aromatic heterocycles. The molecule has 3 fully saturated rings. The summed E-state index contributed by atoms with van der Waals surface area (Å²) in [6, 6.07) is 0.423. The fraction of sp³-hybridized carbons (Fsp3) is 0.714. The first-order chi connectivity index (χ1) is 15.0. The summed E-state index contributed by atoms with van der Waals surface area (Å²) in [5.41, 5.74) is 7.05. The number of carbonyl (C=O) groups is 2. The van der Waals surface area contributed by atoms with Crippen molar-refractivity contribution in [3.63, 3.8) is 0 Å². The van der Waals surface area contributed by atoms with E-state index in [1.54, 1.807) is 6.20 Å². The van der Waals surface area contributed by atoms with E-state index in [1.165, 1.54) is 26.1 Å². The highest BCUT2D eigenvalue weighted by atomic mass is 16.6. The molecule has 2 amide bonds. The third-order valence-corrected chi connectivity index (χ3v) is 6.44. The van der Waals surface area contributed by atoms with Gasteiger partial charge in [-0.3, -0.25) is 15.2 Å². The minimum Gasteiger partial charge on any atom is -0.480 e. The van der Waals surface area contributed by atoms with Gasteiger partial charge in [0.2, 0.25) is 11.8 Å². The minimum absolute atomic E-state index is 0.0412. The molecule has 1 aliphatic heterocycles. The second-order valence-electron chi connectivity index (χ2n) is 8.85. The van der Waals surface area contributed by atoms with Crippen LogP contribution in [0.1, 0.15) is 51.1 Å². The highest BCUT2D eigenvalue weighted by Crippen LogP contribution is 2.34. The molecule has 0 spiro atoms. The van der Waals surface area contributed by atoms with Gasteiger partial charge in [-0.15, -0.1) is 0 Å². The van der Waals surface area contributed by atoms with Crippen molar-refractivity contribution in [2.24, 2.45) is 11.8 Å². The molecular formula is C21H32N6O4. The van der Waals surface area contributed by atoms with Gasteiger partial charge in [-0.2, -0.15) is 0 Å². The lowest BCUT2D eigenvalue weighted by Gasteiger charge is -2.19. The molecule has 5 atom stereocenters. The molecule has 0 bridgehead atoms. The molecule has 10 heteroatoms. The summed E-state index contributed by atoms with van der Waals surface area (Å²) in [4.78, 5) is 32.7. The molecule has 2 saturated carbocycles. The van der Waals surface area contributed by atoms with Crippen LogP contribution in [0.5, 0.6) is 5.88 Å². The maximum absolute atomic E-state index is 12.3. The number of hydrogen-bond donors (Lipinski definition) is 4. The van der Waals surface area contributed by atoms with Crippen LogP contribution < -0.4 is 26.2 Å². The van der Waals surface area contributed by atoms with Crippen LogP contribution in [-0.4, -0.2) is 53.4 Å². The average Bonchev–Trinajstić information content (AvgIpc) is 3.34. The third-order valence-electron chi connectivity index (χ3n) is 6.44. The maximum atomic E-state index is 12.3. The number of carbonyl (C=O) groups excluding carboxylic acids is 2. The van der Waals surface area contributed by atoms with E-state index < -0.39 is 0 Å². The number of nitrogens with one attached hydrogen (secondary N) is 4. The Kier molecular flexibility index (Phi) is 6.86. The van der Waals surface area contributed by atoms with E-state index in [9.17, 15) is 9.59 Å². The van der Waals surface area contributed by atoms with Crippen molar-refractivity contribution in [3.8, 4) is 5.88 Å². The zero-order chi connectivity index (χ0) is 21.8. The Hall–Kier alpha value is -2.46. The van der Waals surface area contributed by atoms with Crippen LogP contribution >= 0.6 is 0 Å². The van der Waals surface area contributed by atoms with Crippen molar-refractivity contribution in [1.29, 1.82) is 0 Å². The van der Waals surface area contributed by atoms with E-state index in [4.69, 9.17) is 9.47 Å². The molecule has 10 nitrogen and oxygen atoms in total. The molecule has 4 rings (SSSR count). The predicted octanol–water partition coefficient (Wildman–Crippen LogP) is 1.03. The van der Waals surface area contributed by atoms with Gasteiger partial charge in [0.05, 0.1) is 37.8 Å². The Bertz CT molecular complexity index is 772. The van der Waals surface area contributed by atoms with E-state index >= 15 is 0 Å². The SMILES string of the molecule is COc1cnc(CC(=O)NC2CC([C@H]3CC[C@@H](OC(=O)N[C@H](C)C4CC4)C3)NN2)cn1. The van der Waals surface area contributed by atoms with E-state index in [1.807, 2.05) is 6.92 Å². The molecule has 2 unspecified atom stereocenters. The zero-order valence-corrected chi connectivity index (χ0v) is 18.1. The Labute approximate surface area is 182 Å². The first-order valence-corrected chi connectivity index (χ1v) is 11.1. The predicted molar refractivity (Wildman–Crippen MR) is 112 cm³/mol. The third kappa shape index (κ3) is 6.04. The normalized spacial score (nSPS) is 28.7. The van der Waals surface area contributed by atoms with Crippen molar-refractivity contribution in [2.75, 3.05) is 7.11 Å². The quantitative estimate of drug-likeness (QED) is 0.480. The fourth-order valence-corrected chi connectivity index (χ4v) is 4.47. The number of methoxy groups -OCH3 is 1. The summed E-state index contributed by atoms with van der Waals surface area (Å²) in [5.74, 6) is 1.32. The van der Waals surface area contributed by atoms with Crippen LogP contribution in [0.2, 0.25) is 0 Å². The van der Waals surface area contributed by atoms with Crippen molar-refractivity contribution in [1.82, 2.24) is 31.5 Å². The van der Waals surface area contributed by atoms with Gasteiger partial charge in [-0.25, -0.2) is 15.2 Å².